The summed E-state index contributed by atoms with van der Waals surface area (Å²) in [7, 11) is 0. The van der Waals surface area contributed by atoms with Crippen LogP contribution in [0.1, 0.15) is 18.4 Å². The molecule has 1 aromatic rings. The number of hydrogen-bond donors (Lipinski definition) is 2. The SMILES string of the molecule is N#Cc1ccc(NC(=O)CCC(=O)O)c(Br)c1. The van der Waals surface area contributed by atoms with Crippen molar-refractivity contribution < 1.29 is 14.7 Å². The molecule has 0 saturated carbocycles. The number of halogens is 1. The summed E-state index contributed by atoms with van der Waals surface area (Å²) < 4.78 is 0.584. The second kappa shape index (κ2) is 6.01. The van der Waals surface area contributed by atoms with Gasteiger partial charge in [-0.2, -0.15) is 5.26 Å². The van der Waals surface area contributed by atoms with Crippen LogP contribution in [0.5, 0.6) is 0 Å². The average molecular weight is 297 g/mol. The van der Waals surface area contributed by atoms with E-state index in [-0.39, 0.29) is 18.7 Å². The smallest absolute Gasteiger partial charge is 0.303 e. The maximum Gasteiger partial charge on any atom is 0.303 e. The quantitative estimate of drug-likeness (QED) is 0.890. The van der Waals surface area contributed by atoms with Crippen LogP contribution in [0, 0.1) is 11.3 Å². The van der Waals surface area contributed by atoms with E-state index < -0.39 is 5.97 Å². The number of amides is 1. The molecule has 0 atom stereocenters. The maximum absolute atomic E-state index is 11.4. The molecule has 0 bridgehead atoms. The third-order valence-electron chi connectivity index (χ3n) is 1.94. The van der Waals surface area contributed by atoms with Crippen molar-refractivity contribution >= 4 is 33.5 Å². The van der Waals surface area contributed by atoms with E-state index in [1.54, 1.807) is 18.2 Å². The Morgan fingerprint density at radius 2 is 2.12 bits per heavy atom. The van der Waals surface area contributed by atoms with E-state index in [9.17, 15) is 9.59 Å². The Labute approximate surface area is 106 Å². The summed E-state index contributed by atoms with van der Waals surface area (Å²) in [6.07, 6.45) is -0.290. The molecule has 17 heavy (non-hydrogen) atoms. The molecule has 0 aliphatic carbocycles. The molecule has 0 aliphatic rings. The van der Waals surface area contributed by atoms with E-state index in [2.05, 4.69) is 21.2 Å². The molecule has 1 amide bonds. The highest BCUT2D eigenvalue weighted by Crippen LogP contribution is 2.23. The number of rotatable bonds is 4. The molecule has 1 aromatic carbocycles. The van der Waals surface area contributed by atoms with Gasteiger partial charge in [-0.05, 0) is 34.1 Å². The highest BCUT2D eigenvalue weighted by atomic mass is 79.9. The Morgan fingerprint density at radius 1 is 1.41 bits per heavy atom. The Kier molecular flexibility index (Phi) is 4.67. The lowest BCUT2D eigenvalue weighted by molar-refractivity contribution is -0.138. The van der Waals surface area contributed by atoms with Crippen LogP contribution in [0.15, 0.2) is 22.7 Å². The van der Waals surface area contributed by atoms with Crippen LogP contribution in [0.25, 0.3) is 0 Å². The van der Waals surface area contributed by atoms with Gasteiger partial charge in [-0.25, -0.2) is 0 Å². The number of aliphatic carboxylic acids is 1. The second-order valence-corrected chi connectivity index (χ2v) is 4.10. The van der Waals surface area contributed by atoms with Gasteiger partial charge in [0, 0.05) is 10.9 Å². The molecule has 0 fully saturated rings. The molecule has 0 aliphatic heterocycles. The molecular weight excluding hydrogens is 288 g/mol. The second-order valence-electron chi connectivity index (χ2n) is 3.25. The van der Waals surface area contributed by atoms with Gasteiger partial charge < -0.3 is 10.4 Å². The topological polar surface area (TPSA) is 90.2 Å². The van der Waals surface area contributed by atoms with Gasteiger partial charge in [0.05, 0.1) is 23.7 Å². The Balaban J connectivity index is 2.66. The molecule has 1 rings (SSSR count). The molecular formula is C11H9BrN2O3. The summed E-state index contributed by atoms with van der Waals surface area (Å²) in [4.78, 5) is 21.6. The summed E-state index contributed by atoms with van der Waals surface area (Å²) in [6.45, 7) is 0. The molecule has 6 heteroatoms. The summed E-state index contributed by atoms with van der Waals surface area (Å²) in [5.41, 5.74) is 0.986. The van der Waals surface area contributed by atoms with Gasteiger partial charge in [-0.1, -0.05) is 0 Å². The highest BCUT2D eigenvalue weighted by molar-refractivity contribution is 9.10. The van der Waals surface area contributed by atoms with Crippen molar-refractivity contribution in [2.45, 2.75) is 12.8 Å². The summed E-state index contributed by atoms with van der Waals surface area (Å²) in [5.74, 6) is -1.39. The average Bonchev–Trinajstić information content (AvgIpc) is 2.29. The van der Waals surface area contributed by atoms with Gasteiger partial charge in [-0.3, -0.25) is 9.59 Å². The fraction of sp³-hybridized carbons (Fsp3) is 0.182. The van der Waals surface area contributed by atoms with Gasteiger partial charge in [-0.15, -0.1) is 0 Å². The fourth-order valence-electron chi connectivity index (χ4n) is 1.12. The van der Waals surface area contributed by atoms with E-state index >= 15 is 0 Å². The minimum absolute atomic E-state index is 0.0816. The number of anilines is 1. The Morgan fingerprint density at radius 3 is 2.65 bits per heavy atom. The van der Waals surface area contributed by atoms with E-state index in [0.29, 0.717) is 15.7 Å². The number of nitrogens with zero attached hydrogens (tertiary/aromatic N) is 1. The number of hydrogen-bond acceptors (Lipinski definition) is 3. The molecule has 5 nitrogen and oxygen atoms in total. The molecule has 0 unspecified atom stereocenters. The molecule has 0 heterocycles. The first kappa shape index (κ1) is 13.2. The van der Waals surface area contributed by atoms with E-state index in [0.717, 1.165) is 0 Å². The van der Waals surface area contributed by atoms with Gasteiger partial charge in [0.2, 0.25) is 5.91 Å². The number of carbonyl (C=O) groups excluding carboxylic acids is 1. The number of nitriles is 1. The van der Waals surface area contributed by atoms with E-state index in [1.165, 1.54) is 0 Å². The molecule has 0 saturated heterocycles. The standard InChI is InChI=1S/C11H9BrN2O3/c12-8-5-7(6-13)1-2-9(8)14-10(15)3-4-11(16)17/h1-2,5H,3-4H2,(H,14,15)(H,16,17). The molecule has 88 valence electrons. The molecule has 0 aromatic heterocycles. The van der Waals surface area contributed by atoms with Gasteiger partial charge in [0.15, 0.2) is 0 Å². The van der Waals surface area contributed by atoms with Gasteiger partial charge >= 0.3 is 5.97 Å². The van der Waals surface area contributed by atoms with Crippen molar-refractivity contribution in [3.05, 3.63) is 28.2 Å². The first-order valence-electron chi connectivity index (χ1n) is 4.74. The lowest BCUT2D eigenvalue weighted by Crippen LogP contribution is -2.13. The zero-order chi connectivity index (χ0) is 12.8. The summed E-state index contributed by atoms with van der Waals surface area (Å²) >= 11 is 3.21. The monoisotopic (exact) mass is 296 g/mol. The number of nitrogens with one attached hydrogen (secondary N) is 1. The van der Waals surface area contributed by atoms with E-state index in [1.807, 2.05) is 6.07 Å². The van der Waals surface area contributed by atoms with Crippen molar-refractivity contribution in [1.82, 2.24) is 0 Å². The van der Waals surface area contributed by atoms with Crippen molar-refractivity contribution in [3.8, 4) is 6.07 Å². The third kappa shape index (κ3) is 4.25. The zero-order valence-electron chi connectivity index (χ0n) is 8.74. The molecule has 2 N–H and O–H groups in total. The van der Waals surface area contributed by atoms with Crippen LogP contribution in [-0.2, 0) is 9.59 Å². The highest BCUT2D eigenvalue weighted by Gasteiger charge is 2.08. The Bertz CT molecular complexity index is 494. The van der Waals surface area contributed by atoms with Crippen LogP contribution in [0.3, 0.4) is 0 Å². The van der Waals surface area contributed by atoms with Crippen molar-refractivity contribution in [2.24, 2.45) is 0 Å². The predicted molar refractivity (Wildman–Crippen MR) is 64.4 cm³/mol. The zero-order valence-corrected chi connectivity index (χ0v) is 10.3. The maximum atomic E-state index is 11.4. The first-order chi connectivity index (χ1) is 8.02. The first-order valence-corrected chi connectivity index (χ1v) is 5.53. The number of carboxylic acids is 1. The summed E-state index contributed by atoms with van der Waals surface area (Å²) in [5, 5.41) is 19.6. The third-order valence-corrected chi connectivity index (χ3v) is 2.59. The van der Waals surface area contributed by atoms with Gasteiger partial charge in [0.1, 0.15) is 0 Å². The van der Waals surface area contributed by atoms with Crippen LogP contribution >= 0.6 is 15.9 Å². The number of carboxylic acid groups (broad SMARTS) is 1. The minimum atomic E-state index is -1.01. The van der Waals surface area contributed by atoms with Crippen LogP contribution in [0.2, 0.25) is 0 Å². The largest absolute Gasteiger partial charge is 0.481 e. The van der Waals surface area contributed by atoms with Crippen LogP contribution in [0.4, 0.5) is 5.69 Å². The Hall–Kier alpha value is -1.87. The number of benzene rings is 1. The summed E-state index contributed by atoms with van der Waals surface area (Å²) in [6, 6.07) is 6.70. The van der Waals surface area contributed by atoms with Crippen molar-refractivity contribution in [3.63, 3.8) is 0 Å². The lowest BCUT2D eigenvalue weighted by atomic mass is 10.2. The van der Waals surface area contributed by atoms with Crippen molar-refractivity contribution in [2.75, 3.05) is 5.32 Å². The van der Waals surface area contributed by atoms with Crippen molar-refractivity contribution in [1.29, 1.82) is 5.26 Å². The van der Waals surface area contributed by atoms with Gasteiger partial charge in [0.25, 0.3) is 0 Å². The predicted octanol–water partition coefficient (Wildman–Crippen LogP) is 2.12. The lowest BCUT2D eigenvalue weighted by Gasteiger charge is -2.06. The molecule has 0 radical (unpaired) electrons. The minimum Gasteiger partial charge on any atom is -0.481 e. The molecule has 0 spiro atoms. The normalized spacial score (nSPS) is 9.41. The van der Waals surface area contributed by atoms with Crippen LogP contribution < -0.4 is 5.32 Å². The fourth-order valence-corrected chi connectivity index (χ4v) is 1.60. The van der Waals surface area contributed by atoms with E-state index in [4.69, 9.17) is 10.4 Å². The van der Waals surface area contributed by atoms with Crippen LogP contribution in [-0.4, -0.2) is 17.0 Å². The number of carbonyl (C=O) groups is 2.